The van der Waals surface area contributed by atoms with Gasteiger partial charge in [-0.15, -0.1) is 0 Å². The molecule has 3 aromatic rings. The maximum atomic E-state index is 14.2. The zero-order chi connectivity index (χ0) is 15.0. The molecule has 1 nitrogen and oxygen atoms in total. The summed E-state index contributed by atoms with van der Waals surface area (Å²) in [6.07, 6.45) is -1.05. The van der Waals surface area contributed by atoms with Crippen LogP contribution < -0.4 is 0 Å². The highest BCUT2D eigenvalue weighted by Gasteiger charge is 2.20. The third-order valence-corrected chi connectivity index (χ3v) is 4.03. The highest BCUT2D eigenvalue weighted by molar-refractivity contribution is 6.30. The average molecular weight is 301 g/mol. The lowest BCUT2D eigenvalue weighted by Gasteiger charge is -2.18. The number of aryl methyl sites for hydroxylation is 1. The molecule has 1 N–H and O–H groups in total. The van der Waals surface area contributed by atoms with Crippen LogP contribution in [0.1, 0.15) is 22.8 Å². The van der Waals surface area contributed by atoms with E-state index < -0.39 is 11.9 Å². The first kappa shape index (κ1) is 14.1. The molecule has 0 amide bonds. The molecule has 0 saturated carbocycles. The van der Waals surface area contributed by atoms with Crippen molar-refractivity contribution in [1.29, 1.82) is 0 Å². The maximum absolute atomic E-state index is 14.2. The van der Waals surface area contributed by atoms with Crippen LogP contribution in [0.15, 0.2) is 54.6 Å². The summed E-state index contributed by atoms with van der Waals surface area (Å²) in [5.41, 5.74) is 1.83. The summed E-state index contributed by atoms with van der Waals surface area (Å²) in [6, 6.07) is 16.4. The first-order valence-corrected chi connectivity index (χ1v) is 7.07. The van der Waals surface area contributed by atoms with E-state index in [1.807, 2.05) is 43.3 Å². The number of aliphatic hydroxyl groups is 1. The van der Waals surface area contributed by atoms with Crippen LogP contribution in [0.25, 0.3) is 10.8 Å². The largest absolute Gasteiger partial charge is 0.384 e. The van der Waals surface area contributed by atoms with E-state index in [-0.39, 0.29) is 10.6 Å². The van der Waals surface area contributed by atoms with Gasteiger partial charge in [-0.25, -0.2) is 4.39 Å². The Balaban J connectivity index is 2.24. The van der Waals surface area contributed by atoms with Gasteiger partial charge in [0.1, 0.15) is 11.9 Å². The molecule has 0 saturated heterocycles. The zero-order valence-corrected chi connectivity index (χ0v) is 12.2. The molecule has 0 spiro atoms. The first-order chi connectivity index (χ1) is 10.1. The second-order valence-corrected chi connectivity index (χ2v) is 5.47. The van der Waals surface area contributed by atoms with Crippen LogP contribution in [-0.2, 0) is 0 Å². The highest BCUT2D eigenvalue weighted by atomic mass is 35.5. The van der Waals surface area contributed by atoms with Crippen LogP contribution in [0.2, 0.25) is 5.02 Å². The average Bonchev–Trinajstić information content (AvgIpc) is 2.49. The topological polar surface area (TPSA) is 20.2 Å². The summed E-state index contributed by atoms with van der Waals surface area (Å²) in [5.74, 6) is -0.570. The van der Waals surface area contributed by atoms with E-state index in [2.05, 4.69) is 0 Å². The van der Waals surface area contributed by atoms with Gasteiger partial charge in [-0.3, -0.25) is 0 Å². The Kier molecular flexibility index (Phi) is 3.66. The monoisotopic (exact) mass is 300 g/mol. The molecule has 106 valence electrons. The van der Waals surface area contributed by atoms with Crippen LogP contribution in [0.5, 0.6) is 0 Å². The van der Waals surface area contributed by atoms with Crippen LogP contribution in [0.3, 0.4) is 0 Å². The van der Waals surface area contributed by atoms with Crippen molar-refractivity contribution in [1.82, 2.24) is 0 Å². The van der Waals surface area contributed by atoms with E-state index in [1.54, 1.807) is 12.1 Å². The molecular formula is C18H14ClFO. The van der Waals surface area contributed by atoms with E-state index in [0.29, 0.717) is 5.56 Å². The van der Waals surface area contributed by atoms with Crippen molar-refractivity contribution in [3.8, 4) is 0 Å². The fourth-order valence-electron chi connectivity index (χ4n) is 2.65. The molecule has 21 heavy (non-hydrogen) atoms. The standard InChI is InChI=1S/C18H14ClFO/c1-11-9-10-12-5-2-3-6-13(12)16(11)18(21)14-7-4-8-15(19)17(14)20/h2-10,18,21H,1H3. The van der Waals surface area contributed by atoms with Gasteiger partial charge < -0.3 is 5.11 Å². The van der Waals surface area contributed by atoms with Crippen LogP contribution in [-0.4, -0.2) is 5.11 Å². The predicted octanol–water partition coefficient (Wildman–Crippen LogP) is 5.02. The molecule has 1 atom stereocenters. The van der Waals surface area contributed by atoms with Gasteiger partial charge in [-0.1, -0.05) is 60.1 Å². The van der Waals surface area contributed by atoms with E-state index >= 15 is 0 Å². The van der Waals surface area contributed by atoms with Crippen molar-refractivity contribution < 1.29 is 9.50 Å². The number of hydrogen-bond donors (Lipinski definition) is 1. The van der Waals surface area contributed by atoms with Crippen molar-refractivity contribution in [3.63, 3.8) is 0 Å². The predicted molar refractivity (Wildman–Crippen MR) is 84.2 cm³/mol. The minimum Gasteiger partial charge on any atom is -0.384 e. The Morgan fingerprint density at radius 3 is 2.57 bits per heavy atom. The first-order valence-electron chi connectivity index (χ1n) is 6.70. The number of aliphatic hydroxyl groups excluding tert-OH is 1. The highest BCUT2D eigenvalue weighted by Crippen LogP contribution is 2.34. The van der Waals surface area contributed by atoms with Gasteiger partial charge in [0.25, 0.3) is 0 Å². The number of hydrogen-bond acceptors (Lipinski definition) is 1. The summed E-state index contributed by atoms with van der Waals surface area (Å²) in [5, 5.41) is 12.6. The molecule has 0 radical (unpaired) electrons. The zero-order valence-electron chi connectivity index (χ0n) is 11.5. The number of rotatable bonds is 2. The summed E-state index contributed by atoms with van der Waals surface area (Å²) >= 11 is 5.82. The molecule has 0 aromatic heterocycles. The van der Waals surface area contributed by atoms with Crippen molar-refractivity contribution in [2.45, 2.75) is 13.0 Å². The Morgan fingerprint density at radius 2 is 1.76 bits per heavy atom. The normalized spacial score (nSPS) is 12.6. The third kappa shape index (κ3) is 2.41. The molecule has 1 unspecified atom stereocenters. The van der Waals surface area contributed by atoms with Gasteiger partial charge in [-0.05, 0) is 34.9 Å². The molecule has 0 aliphatic rings. The van der Waals surface area contributed by atoms with Crippen LogP contribution >= 0.6 is 11.6 Å². The number of halogens is 2. The SMILES string of the molecule is Cc1ccc2ccccc2c1C(O)c1cccc(Cl)c1F. The van der Waals surface area contributed by atoms with E-state index in [1.165, 1.54) is 6.07 Å². The van der Waals surface area contributed by atoms with Gasteiger partial charge >= 0.3 is 0 Å². The molecule has 0 aliphatic carbocycles. The summed E-state index contributed by atoms with van der Waals surface area (Å²) in [4.78, 5) is 0. The maximum Gasteiger partial charge on any atom is 0.147 e. The van der Waals surface area contributed by atoms with Crippen molar-refractivity contribution in [2.75, 3.05) is 0 Å². The van der Waals surface area contributed by atoms with Gasteiger partial charge in [0, 0.05) is 5.56 Å². The Labute approximate surface area is 127 Å². The summed E-state index contributed by atoms with van der Waals surface area (Å²) in [7, 11) is 0. The molecule has 3 aromatic carbocycles. The smallest absolute Gasteiger partial charge is 0.147 e. The van der Waals surface area contributed by atoms with E-state index in [9.17, 15) is 9.50 Å². The van der Waals surface area contributed by atoms with Crippen molar-refractivity contribution in [3.05, 3.63) is 82.1 Å². The minimum absolute atomic E-state index is 0.0180. The second-order valence-electron chi connectivity index (χ2n) is 5.06. The quantitative estimate of drug-likeness (QED) is 0.704. The second kappa shape index (κ2) is 5.47. The van der Waals surface area contributed by atoms with E-state index in [0.717, 1.165) is 16.3 Å². The lowest BCUT2D eigenvalue weighted by molar-refractivity contribution is 0.216. The molecule has 0 fully saturated rings. The molecule has 0 heterocycles. The Bertz CT molecular complexity index is 813. The summed E-state index contributed by atoms with van der Waals surface area (Å²) < 4.78 is 14.2. The molecule has 0 bridgehead atoms. The van der Waals surface area contributed by atoms with Gasteiger partial charge in [0.2, 0.25) is 0 Å². The number of fused-ring (bicyclic) bond motifs is 1. The number of benzene rings is 3. The fourth-order valence-corrected chi connectivity index (χ4v) is 2.84. The molecule has 3 rings (SSSR count). The molecule has 3 heteroatoms. The van der Waals surface area contributed by atoms with Gasteiger partial charge in [0.15, 0.2) is 0 Å². The molecular weight excluding hydrogens is 287 g/mol. The van der Waals surface area contributed by atoms with Crippen LogP contribution in [0, 0.1) is 12.7 Å². The Morgan fingerprint density at radius 1 is 1.00 bits per heavy atom. The summed E-state index contributed by atoms with van der Waals surface area (Å²) in [6.45, 7) is 1.91. The van der Waals surface area contributed by atoms with Crippen LogP contribution in [0.4, 0.5) is 4.39 Å². The van der Waals surface area contributed by atoms with Gasteiger partial charge in [-0.2, -0.15) is 0 Å². The van der Waals surface area contributed by atoms with Crippen molar-refractivity contribution >= 4 is 22.4 Å². The fraction of sp³-hybridized carbons (Fsp3) is 0.111. The van der Waals surface area contributed by atoms with Gasteiger partial charge in [0.05, 0.1) is 5.02 Å². The third-order valence-electron chi connectivity index (χ3n) is 3.74. The lowest BCUT2D eigenvalue weighted by Crippen LogP contribution is -2.05. The minimum atomic E-state index is -1.05. The van der Waals surface area contributed by atoms with E-state index in [4.69, 9.17) is 11.6 Å². The Hall–Kier alpha value is -1.90. The lowest BCUT2D eigenvalue weighted by atomic mass is 9.92. The van der Waals surface area contributed by atoms with Crippen molar-refractivity contribution in [2.24, 2.45) is 0 Å². The molecule has 0 aliphatic heterocycles.